The second kappa shape index (κ2) is 5.92. The van der Waals surface area contributed by atoms with Crippen molar-refractivity contribution in [2.24, 2.45) is 5.92 Å². The Kier molecular flexibility index (Phi) is 3.75. The van der Waals surface area contributed by atoms with E-state index in [4.69, 9.17) is 4.42 Å². The number of carbonyl (C=O) groups is 1. The van der Waals surface area contributed by atoms with Crippen molar-refractivity contribution in [3.63, 3.8) is 0 Å². The average molecular weight is 326 g/mol. The molecule has 1 aromatic heterocycles. The predicted molar refractivity (Wildman–Crippen MR) is 90.7 cm³/mol. The van der Waals surface area contributed by atoms with Gasteiger partial charge in [-0.3, -0.25) is 4.79 Å². The molecule has 0 N–H and O–H groups in total. The third kappa shape index (κ3) is 2.88. The summed E-state index contributed by atoms with van der Waals surface area (Å²) in [6.45, 7) is 1.51. The van der Waals surface area contributed by atoms with Gasteiger partial charge < -0.3 is 14.2 Å². The van der Waals surface area contributed by atoms with Crippen molar-refractivity contribution >= 4 is 11.6 Å². The molecule has 1 saturated carbocycles. The van der Waals surface area contributed by atoms with Crippen LogP contribution in [0.2, 0.25) is 0 Å². The van der Waals surface area contributed by atoms with Gasteiger partial charge in [0.25, 0.3) is 0 Å². The zero-order valence-electron chi connectivity index (χ0n) is 14.1. The fourth-order valence-corrected chi connectivity index (χ4v) is 3.17. The highest BCUT2D eigenvalue weighted by Gasteiger charge is 2.38. The van der Waals surface area contributed by atoms with Crippen LogP contribution in [0.1, 0.15) is 31.1 Å². The molecule has 6 nitrogen and oxygen atoms in total. The predicted octanol–water partition coefficient (Wildman–Crippen LogP) is 2.53. The second-order valence-electron chi connectivity index (χ2n) is 6.93. The van der Waals surface area contributed by atoms with E-state index in [-0.39, 0.29) is 11.8 Å². The zero-order valence-corrected chi connectivity index (χ0v) is 14.1. The fraction of sp³-hybridized carbons (Fsp3) is 0.500. The highest BCUT2D eigenvalue weighted by Crippen LogP contribution is 2.35. The number of hydrogen-bond acceptors (Lipinski definition) is 5. The number of aromatic nitrogens is 2. The summed E-state index contributed by atoms with van der Waals surface area (Å²) >= 11 is 0. The second-order valence-corrected chi connectivity index (χ2v) is 6.93. The Morgan fingerprint density at radius 3 is 2.58 bits per heavy atom. The van der Waals surface area contributed by atoms with Crippen molar-refractivity contribution in [1.29, 1.82) is 0 Å². The first-order valence-corrected chi connectivity index (χ1v) is 8.52. The maximum Gasteiger partial charge on any atom is 0.247 e. The zero-order chi connectivity index (χ0) is 16.7. The number of anilines is 1. The molecule has 1 aliphatic heterocycles. The number of amides is 1. The van der Waals surface area contributed by atoms with E-state index < -0.39 is 0 Å². The van der Waals surface area contributed by atoms with E-state index in [0.717, 1.165) is 37.1 Å². The summed E-state index contributed by atoms with van der Waals surface area (Å²) in [5.41, 5.74) is 2.05. The van der Waals surface area contributed by atoms with Crippen LogP contribution in [0.25, 0.3) is 11.5 Å². The standard InChI is InChI=1S/C18H22N4O2/c1-21(2)15-7-5-12(6-8-15)16-19-20-17(24-16)14-9-10-22(11-14)18(23)13-3-4-13/h5-8,13-14H,3-4,9-11H2,1-2H3/t14-/m0/s1. The molecule has 1 amide bonds. The summed E-state index contributed by atoms with van der Waals surface area (Å²) in [6, 6.07) is 8.05. The van der Waals surface area contributed by atoms with Crippen molar-refractivity contribution < 1.29 is 9.21 Å². The van der Waals surface area contributed by atoms with Crippen LogP contribution in [0.4, 0.5) is 5.69 Å². The maximum absolute atomic E-state index is 12.2. The average Bonchev–Trinajstić information content (AvgIpc) is 3.12. The third-order valence-corrected chi connectivity index (χ3v) is 4.85. The first-order valence-electron chi connectivity index (χ1n) is 8.52. The first kappa shape index (κ1) is 15.2. The van der Waals surface area contributed by atoms with Crippen LogP contribution in [-0.4, -0.2) is 48.2 Å². The van der Waals surface area contributed by atoms with Gasteiger partial charge in [-0.2, -0.15) is 0 Å². The smallest absolute Gasteiger partial charge is 0.247 e. The molecule has 0 bridgehead atoms. The molecule has 126 valence electrons. The summed E-state index contributed by atoms with van der Waals surface area (Å²) in [5.74, 6) is 1.93. The van der Waals surface area contributed by atoms with E-state index in [1.165, 1.54) is 0 Å². The van der Waals surface area contributed by atoms with Gasteiger partial charge in [-0.15, -0.1) is 10.2 Å². The Balaban J connectivity index is 1.45. The Labute approximate surface area is 141 Å². The number of hydrogen-bond donors (Lipinski definition) is 0. The Hall–Kier alpha value is -2.37. The summed E-state index contributed by atoms with van der Waals surface area (Å²) in [7, 11) is 4.02. The van der Waals surface area contributed by atoms with Gasteiger partial charge in [-0.1, -0.05) is 0 Å². The van der Waals surface area contributed by atoms with Crippen LogP contribution in [-0.2, 0) is 4.79 Å². The molecule has 2 aromatic rings. The quantitative estimate of drug-likeness (QED) is 0.864. The van der Waals surface area contributed by atoms with E-state index in [0.29, 0.717) is 24.2 Å². The number of carbonyl (C=O) groups excluding carboxylic acids is 1. The van der Waals surface area contributed by atoms with Crippen LogP contribution in [0, 0.1) is 5.92 Å². The number of rotatable bonds is 4. The van der Waals surface area contributed by atoms with Gasteiger partial charge in [0.1, 0.15) is 0 Å². The molecule has 4 rings (SSSR count). The molecule has 1 aliphatic carbocycles. The van der Waals surface area contributed by atoms with E-state index >= 15 is 0 Å². The maximum atomic E-state index is 12.2. The molecule has 1 atom stereocenters. The van der Waals surface area contributed by atoms with Gasteiger partial charge in [0, 0.05) is 44.4 Å². The monoisotopic (exact) mass is 326 g/mol. The van der Waals surface area contributed by atoms with E-state index in [2.05, 4.69) is 10.2 Å². The lowest BCUT2D eigenvalue weighted by molar-refractivity contribution is -0.131. The van der Waals surface area contributed by atoms with Gasteiger partial charge in [-0.05, 0) is 43.5 Å². The van der Waals surface area contributed by atoms with Gasteiger partial charge >= 0.3 is 0 Å². The third-order valence-electron chi connectivity index (χ3n) is 4.85. The topological polar surface area (TPSA) is 62.5 Å². The van der Waals surface area contributed by atoms with Crippen molar-refractivity contribution in [2.75, 3.05) is 32.1 Å². The molecule has 2 heterocycles. The van der Waals surface area contributed by atoms with Gasteiger partial charge in [0.05, 0.1) is 5.92 Å². The van der Waals surface area contributed by atoms with Gasteiger partial charge in [0.15, 0.2) is 0 Å². The van der Waals surface area contributed by atoms with E-state index in [1.54, 1.807) is 0 Å². The fourth-order valence-electron chi connectivity index (χ4n) is 3.17. The van der Waals surface area contributed by atoms with Crippen LogP contribution in [0.5, 0.6) is 0 Å². The van der Waals surface area contributed by atoms with E-state index in [9.17, 15) is 4.79 Å². The lowest BCUT2D eigenvalue weighted by Gasteiger charge is -2.14. The summed E-state index contributed by atoms with van der Waals surface area (Å²) in [5, 5.41) is 8.41. The van der Waals surface area contributed by atoms with Gasteiger partial charge in [-0.25, -0.2) is 0 Å². The summed E-state index contributed by atoms with van der Waals surface area (Å²) in [4.78, 5) is 16.2. The molecule has 2 aliphatic rings. The van der Waals surface area contributed by atoms with Crippen LogP contribution in [0.3, 0.4) is 0 Å². The normalized spacial score (nSPS) is 20.4. The molecule has 0 radical (unpaired) electrons. The highest BCUT2D eigenvalue weighted by atomic mass is 16.4. The molecule has 1 saturated heterocycles. The highest BCUT2D eigenvalue weighted by molar-refractivity contribution is 5.81. The largest absolute Gasteiger partial charge is 0.420 e. The van der Waals surface area contributed by atoms with Crippen LogP contribution in [0.15, 0.2) is 28.7 Å². The molecule has 2 fully saturated rings. The molecule has 24 heavy (non-hydrogen) atoms. The molecular weight excluding hydrogens is 304 g/mol. The Morgan fingerprint density at radius 2 is 1.92 bits per heavy atom. The molecule has 0 spiro atoms. The van der Waals surface area contributed by atoms with Crippen LogP contribution < -0.4 is 4.90 Å². The van der Waals surface area contributed by atoms with Crippen molar-refractivity contribution in [1.82, 2.24) is 15.1 Å². The molecule has 6 heteroatoms. The minimum absolute atomic E-state index is 0.162. The number of nitrogens with zero attached hydrogens (tertiary/aromatic N) is 4. The van der Waals surface area contributed by atoms with Crippen molar-refractivity contribution in [2.45, 2.75) is 25.2 Å². The minimum Gasteiger partial charge on any atom is -0.420 e. The Bertz CT molecular complexity index is 734. The van der Waals surface area contributed by atoms with E-state index in [1.807, 2.05) is 48.2 Å². The van der Waals surface area contributed by atoms with Crippen molar-refractivity contribution in [3.05, 3.63) is 30.2 Å². The first-order chi connectivity index (χ1) is 11.6. The number of likely N-dealkylation sites (tertiary alicyclic amines) is 1. The SMILES string of the molecule is CN(C)c1ccc(-c2nnc([C@H]3CCN(C(=O)C4CC4)C3)o2)cc1. The Morgan fingerprint density at radius 1 is 1.17 bits per heavy atom. The molecule has 1 aromatic carbocycles. The summed E-state index contributed by atoms with van der Waals surface area (Å²) < 4.78 is 5.88. The minimum atomic E-state index is 0.162. The lowest BCUT2D eigenvalue weighted by Crippen LogP contribution is -2.29. The lowest BCUT2D eigenvalue weighted by atomic mass is 10.1. The molecular formula is C18H22N4O2. The van der Waals surface area contributed by atoms with Crippen LogP contribution >= 0.6 is 0 Å². The van der Waals surface area contributed by atoms with Gasteiger partial charge in [0.2, 0.25) is 17.7 Å². The molecule has 0 unspecified atom stereocenters. The van der Waals surface area contributed by atoms with Crippen molar-refractivity contribution in [3.8, 4) is 11.5 Å². The number of benzene rings is 1. The summed E-state index contributed by atoms with van der Waals surface area (Å²) in [6.07, 6.45) is 3.00.